The van der Waals surface area contributed by atoms with Crippen LogP contribution in [-0.4, -0.2) is 12.6 Å². The van der Waals surface area contributed by atoms with Gasteiger partial charge in [0.1, 0.15) is 0 Å². The van der Waals surface area contributed by atoms with Gasteiger partial charge in [0.2, 0.25) is 0 Å². The molecule has 15 heavy (non-hydrogen) atoms. The molecule has 0 atom stereocenters. The molecule has 0 N–H and O–H groups in total. The number of hydrogen-bond donors (Lipinski definition) is 0. The Balaban J connectivity index is 2.69. The zero-order valence-corrected chi connectivity index (χ0v) is 10.0. The molecule has 0 spiro atoms. The third-order valence-corrected chi connectivity index (χ3v) is 2.52. The van der Waals surface area contributed by atoms with Gasteiger partial charge < -0.3 is 4.74 Å². The fourth-order valence-electron chi connectivity index (χ4n) is 1.05. The third kappa shape index (κ3) is 3.30. The minimum Gasteiger partial charge on any atom is -0.462 e. The van der Waals surface area contributed by atoms with Crippen molar-refractivity contribution in [2.75, 3.05) is 6.61 Å². The molecule has 2 nitrogen and oxygen atoms in total. The summed E-state index contributed by atoms with van der Waals surface area (Å²) in [6, 6.07) is 4.55. The van der Waals surface area contributed by atoms with Gasteiger partial charge >= 0.3 is 5.97 Å². The number of benzene rings is 1. The van der Waals surface area contributed by atoms with Crippen molar-refractivity contribution in [3.05, 3.63) is 34.1 Å². The maximum atomic E-state index is 13.4. The van der Waals surface area contributed by atoms with Crippen molar-refractivity contribution >= 4 is 21.9 Å². The number of carbonyl (C=O) groups excluding carboxylic acids is 1. The van der Waals surface area contributed by atoms with E-state index in [4.69, 9.17) is 4.74 Å². The van der Waals surface area contributed by atoms with Crippen LogP contribution in [0.3, 0.4) is 0 Å². The van der Waals surface area contributed by atoms with Crippen LogP contribution in [0.1, 0.15) is 30.1 Å². The first-order valence-electron chi connectivity index (χ1n) is 4.78. The summed E-state index contributed by atoms with van der Waals surface area (Å²) in [6.45, 7) is 2.33. The number of esters is 1. The minimum atomic E-state index is -0.609. The van der Waals surface area contributed by atoms with Gasteiger partial charge in [-0.15, -0.1) is 0 Å². The van der Waals surface area contributed by atoms with E-state index in [1.165, 1.54) is 12.1 Å². The Kier molecular flexibility index (Phi) is 4.75. The first-order chi connectivity index (χ1) is 7.16. The normalized spacial score (nSPS) is 10.1. The van der Waals surface area contributed by atoms with Crippen molar-refractivity contribution in [2.24, 2.45) is 0 Å². The molecule has 0 aliphatic rings. The monoisotopic (exact) mass is 274 g/mol. The van der Waals surface area contributed by atoms with E-state index in [0.717, 1.165) is 12.8 Å². The van der Waals surface area contributed by atoms with E-state index < -0.39 is 11.8 Å². The van der Waals surface area contributed by atoms with Gasteiger partial charge in [0.15, 0.2) is 5.82 Å². The van der Waals surface area contributed by atoms with Crippen LogP contribution in [0.5, 0.6) is 0 Å². The second-order valence-corrected chi connectivity index (χ2v) is 3.95. The first-order valence-corrected chi connectivity index (χ1v) is 5.57. The van der Waals surface area contributed by atoms with Crippen molar-refractivity contribution in [3.63, 3.8) is 0 Å². The van der Waals surface area contributed by atoms with E-state index in [1.54, 1.807) is 6.07 Å². The van der Waals surface area contributed by atoms with Gasteiger partial charge in [0.05, 0.1) is 16.6 Å². The Morgan fingerprint density at radius 2 is 2.27 bits per heavy atom. The Hall–Kier alpha value is -0.900. The summed E-state index contributed by atoms with van der Waals surface area (Å²) in [4.78, 5) is 11.4. The van der Waals surface area contributed by atoms with Gasteiger partial charge in [0.25, 0.3) is 0 Å². The number of hydrogen-bond acceptors (Lipinski definition) is 2. The highest BCUT2D eigenvalue weighted by Gasteiger charge is 2.14. The van der Waals surface area contributed by atoms with Gasteiger partial charge in [0, 0.05) is 0 Å². The zero-order valence-electron chi connectivity index (χ0n) is 8.43. The molecule has 0 aliphatic heterocycles. The molecule has 0 amide bonds. The van der Waals surface area contributed by atoms with Crippen LogP contribution in [0.25, 0.3) is 0 Å². The minimum absolute atomic E-state index is 0.0273. The van der Waals surface area contributed by atoms with Crippen LogP contribution >= 0.6 is 15.9 Å². The van der Waals surface area contributed by atoms with Crippen molar-refractivity contribution in [1.82, 2.24) is 0 Å². The van der Waals surface area contributed by atoms with Gasteiger partial charge in [-0.1, -0.05) is 19.4 Å². The summed E-state index contributed by atoms with van der Waals surface area (Å²) < 4.78 is 18.6. The summed E-state index contributed by atoms with van der Waals surface area (Å²) in [5.74, 6) is -1.18. The van der Waals surface area contributed by atoms with E-state index in [-0.39, 0.29) is 10.0 Å². The predicted molar refractivity (Wildman–Crippen MR) is 59.3 cm³/mol. The van der Waals surface area contributed by atoms with Gasteiger partial charge in [-0.25, -0.2) is 9.18 Å². The Morgan fingerprint density at radius 1 is 1.53 bits per heavy atom. The van der Waals surface area contributed by atoms with Crippen molar-refractivity contribution in [1.29, 1.82) is 0 Å². The summed E-state index contributed by atoms with van der Waals surface area (Å²) in [7, 11) is 0. The second-order valence-electron chi connectivity index (χ2n) is 3.09. The molecule has 0 bridgehead atoms. The Morgan fingerprint density at radius 3 is 2.93 bits per heavy atom. The van der Waals surface area contributed by atoms with E-state index in [1.807, 2.05) is 6.92 Å². The molecular weight excluding hydrogens is 263 g/mol. The molecule has 0 saturated heterocycles. The molecule has 82 valence electrons. The van der Waals surface area contributed by atoms with E-state index >= 15 is 0 Å². The van der Waals surface area contributed by atoms with Gasteiger partial charge in [-0.2, -0.15) is 0 Å². The maximum absolute atomic E-state index is 13.4. The molecule has 0 aromatic heterocycles. The number of rotatable bonds is 4. The van der Waals surface area contributed by atoms with Crippen LogP contribution in [0.2, 0.25) is 0 Å². The highest BCUT2D eigenvalue weighted by Crippen LogP contribution is 2.19. The Labute approximate surface area is 96.6 Å². The average Bonchev–Trinajstić information content (AvgIpc) is 2.22. The SMILES string of the molecule is CCCCOC(=O)c1cccc(Br)c1F. The lowest BCUT2D eigenvalue weighted by Gasteiger charge is -2.05. The highest BCUT2D eigenvalue weighted by atomic mass is 79.9. The van der Waals surface area contributed by atoms with Crippen molar-refractivity contribution in [2.45, 2.75) is 19.8 Å². The summed E-state index contributed by atoms with van der Waals surface area (Å²) in [5.41, 5.74) is -0.0273. The van der Waals surface area contributed by atoms with E-state index in [2.05, 4.69) is 15.9 Å². The number of unbranched alkanes of at least 4 members (excludes halogenated alkanes) is 1. The zero-order chi connectivity index (χ0) is 11.3. The fourth-order valence-corrected chi connectivity index (χ4v) is 1.41. The van der Waals surface area contributed by atoms with Crippen LogP contribution in [0, 0.1) is 5.82 Å². The second kappa shape index (κ2) is 5.85. The van der Waals surface area contributed by atoms with Crippen LogP contribution in [0.15, 0.2) is 22.7 Å². The van der Waals surface area contributed by atoms with Crippen LogP contribution in [0.4, 0.5) is 4.39 Å². The number of halogens is 2. The molecule has 1 aromatic rings. The molecule has 0 saturated carbocycles. The highest BCUT2D eigenvalue weighted by molar-refractivity contribution is 9.10. The van der Waals surface area contributed by atoms with Crippen molar-refractivity contribution < 1.29 is 13.9 Å². The molecule has 0 fully saturated rings. The summed E-state index contributed by atoms with van der Waals surface area (Å²) in [5, 5.41) is 0. The smallest absolute Gasteiger partial charge is 0.341 e. The molecule has 0 unspecified atom stereocenters. The topological polar surface area (TPSA) is 26.3 Å². The lowest BCUT2D eigenvalue weighted by Crippen LogP contribution is -2.08. The fraction of sp³-hybridized carbons (Fsp3) is 0.364. The van der Waals surface area contributed by atoms with Gasteiger partial charge in [-0.3, -0.25) is 0 Å². The number of carbonyl (C=O) groups is 1. The van der Waals surface area contributed by atoms with Crippen molar-refractivity contribution in [3.8, 4) is 0 Å². The quantitative estimate of drug-likeness (QED) is 0.620. The van der Waals surface area contributed by atoms with E-state index in [0.29, 0.717) is 6.61 Å². The molecule has 1 rings (SSSR count). The lowest BCUT2D eigenvalue weighted by molar-refractivity contribution is 0.0494. The average molecular weight is 275 g/mol. The van der Waals surface area contributed by atoms with Gasteiger partial charge in [-0.05, 0) is 34.5 Å². The lowest BCUT2D eigenvalue weighted by atomic mass is 10.2. The Bertz CT molecular complexity index is 352. The standard InChI is InChI=1S/C11H12BrFO2/c1-2-3-7-15-11(14)8-5-4-6-9(12)10(8)13/h4-6H,2-3,7H2,1H3. The van der Waals surface area contributed by atoms with Crippen LogP contribution < -0.4 is 0 Å². The molecule has 0 aliphatic carbocycles. The van der Waals surface area contributed by atoms with Crippen LogP contribution in [-0.2, 0) is 4.74 Å². The molecule has 0 heterocycles. The molecular formula is C11H12BrFO2. The molecule has 1 aromatic carbocycles. The third-order valence-electron chi connectivity index (χ3n) is 1.90. The predicted octanol–water partition coefficient (Wildman–Crippen LogP) is 3.55. The molecule has 4 heteroatoms. The van der Waals surface area contributed by atoms with E-state index in [9.17, 15) is 9.18 Å². The largest absolute Gasteiger partial charge is 0.462 e. The molecule has 0 radical (unpaired) electrons. The summed E-state index contributed by atoms with van der Waals surface area (Å²) in [6.07, 6.45) is 1.73. The summed E-state index contributed by atoms with van der Waals surface area (Å²) >= 11 is 3.01. The maximum Gasteiger partial charge on any atom is 0.341 e. The number of ether oxygens (including phenoxy) is 1. The first kappa shape index (κ1) is 12.2.